The van der Waals surface area contributed by atoms with E-state index in [-0.39, 0.29) is 24.4 Å². The molecule has 0 spiro atoms. The number of halogens is 1. The molecule has 2 heterocycles. The molecule has 1 aromatic carbocycles. The van der Waals surface area contributed by atoms with Crippen LogP contribution in [-0.2, 0) is 9.59 Å². The number of nitrogens with zero attached hydrogens (tertiary/aromatic N) is 3. The van der Waals surface area contributed by atoms with Crippen LogP contribution >= 0.6 is 11.6 Å². The zero-order chi connectivity index (χ0) is 18.5. The number of amides is 2. The van der Waals surface area contributed by atoms with Gasteiger partial charge in [0.1, 0.15) is 5.75 Å². The third-order valence-electron chi connectivity index (χ3n) is 4.07. The average molecular weight is 375 g/mol. The normalized spacial score (nSPS) is 16.4. The van der Waals surface area contributed by atoms with Gasteiger partial charge in [0, 0.05) is 18.5 Å². The zero-order valence-corrected chi connectivity index (χ0v) is 15.1. The van der Waals surface area contributed by atoms with Crippen molar-refractivity contribution in [3.63, 3.8) is 0 Å². The molecule has 0 radical (unpaired) electrons. The molecule has 0 bridgehead atoms. The molecule has 1 unspecified atom stereocenters. The molecule has 1 aliphatic heterocycles. The van der Waals surface area contributed by atoms with Crippen LogP contribution in [0.2, 0.25) is 5.02 Å². The topological polar surface area (TPSA) is 84.4 Å². The summed E-state index contributed by atoms with van der Waals surface area (Å²) in [6.45, 7) is 2.01. The number of rotatable bonds is 5. The maximum absolute atomic E-state index is 12.4. The van der Waals surface area contributed by atoms with Crippen LogP contribution in [0, 0.1) is 0 Å². The van der Waals surface area contributed by atoms with Gasteiger partial charge in [-0.1, -0.05) is 11.6 Å². The van der Waals surface area contributed by atoms with Gasteiger partial charge >= 0.3 is 0 Å². The number of benzene rings is 1. The molecule has 1 N–H and O–H groups in total. The summed E-state index contributed by atoms with van der Waals surface area (Å²) in [5, 5.41) is 3.16. The predicted octanol–water partition coefficient (Wildman–Crippen LogP) is 2.72. The fraction of sp³-hybridized carbons (Fsp3) is 0.333. The van der Waals surface area contributed by atoms with Gasteiger partial charge in [-0.05, 0) is 37.1 Å². The Bertz CT molecular complexity index is 797. The maximum atomic E-state index is 12.4. The first-order valence-corrected chi connectivity index (χ1v) is 8.70. The SMILES string of the molecule is CC(=O)NCC(=O)N1CCCC1c1cncc(Oc2ccc(Cl)cc2)n1. The standard InChI is InChI=1S/C18H19ClN4O3/c1-12(24)21-11-18(25)23-8-2-3-16(23)15-9-20-10-17(22-15)26-14-6-4-13(19)5-7-14/h4-7,9-10,16H,2-3,8,11H2,1H3,(H,21,24). The Morgan fingerprint density at radius 1 is 1.31 bits per heavy atom. The van der Waals surface area contributed by atoms with Gasteiger partial charge in [-0.2, -0.15) is 0 Å². The lowest BCUT2D eigenvalue weighted by molar-refractivity contribution is -0.133. The van der Waals surface area contributed by atoms with Crippen LogP contribution in [0.25, 0.3) is 0 Å². The number of hydrogen-bond acceptors (Lipinski definition) is 5. The van der Waals surface area contributed by atoms with E-state index in [9.17, 15) is 9.59 Å². The van der Waals surface area contributed by atoms with Gasteiger partial charge in [0.15, 0.2) is 0 Å². The van der Waals surface area contributed by atoms with Crippen molar-refractivity contribution in [1.82, 2.24) is 20.2 Å². The van der Waals surface area contributed by atoms with E-state index < -0.39 is 0 Å². The summed E-state index contributed by atoms with van der Waals surface area (Å²) >= 11 is 5.87. The van der Waals surface area contributed by atoms with E-state index in [4.69, 9.17) is 16.3 Å². The van der Waals surface area contributed by atoms with E-state index in [2.05, 4.69) is 15.3 Å². The lowest BCUT2D eigenvalue weighted by Gasteiger charge is -2.24. The minimum Gasteiger partial charge on any atom is -0.437 e. The number of carbonyl (C=O) groups is 2. The zero-order valence-electron chi connectivity index (χ0n) is 14.3. The average Bonchev–Trinajstić information content (AvgIpc) is 3.12. The molecule has 0 aliphatic carbocycles. The largest absolute Gasteiger partial charge is 0.437 e. The van der Waals surface area contributed by atoms with Crippen LogP contribution in [-0.4, -0.2) is 39.8 Å². The highest BCUT2D eigenvalue weighted by atomic mass is 35.5. The maximum Gasteiger partial charge on any atom is 0.242 e. The molecule has 1 atom stereocenters. The molecule has 8 heteroatoms. The van der Waals surface area contributed by atoms with Crippen molar-refractivity contribution in [1.29, 1.82) is 0 Å². The van der Waals surface area contributed by atoms with E-state index in [0.29, 0.717) is 28.9 Å². The quantitative estimate of drug-likeness (QED) is 0.869. The van der Waals surface area contributed by atoms with Crippen molar-refractivity contribution in [2.45, 2.75) is 25.8 Å². The Hall–Kier alpha value is -2.67. The monoisotopic (exact) mass is 374 g/mol. The first-order chi connectivity index (χ1) is 12.5. The number of carbonyl (C=O) groups excluding carboxylic acids is 2. The Kier molecular flexibility index (Phi) is 5.68. The molecule has 1 aliphatic rings. The lowest BCUT2D eigenvalue weighted by atomic mass is 10.1. The number of aromatic nitrogens is 2. The molecule has 0 saturated carbocycles. The van der Waals surface area contributed by atoms with Crippen LogP contribution < -0.4 is 10.1 Å². The van der Waals surface area contributed by atoms with Crippen molar-refractivity contribution in [3.8, 4) is 11.6 Å². The predicted molar refractivity (Wildman–Crippen MR) is 95.9 cm³/mol. The minimum atomic E-state index is -0.229. The Balaban J connectivity index is 1.72. The van der Waals surface area contributed by atoms with Gasteiger partial charge < -0.3 is 15.0 Å². The summed E-state index contributed by atoms with van der Waals surface area (Å²) in [6, 6.07) is 6.78. The fourth-order valence-corrected chi connectivity index (χ4v) is 3.00. The first-order valence-electron chi connectivity index (χ1n) is 8.32. The third-order valence-corrected chi connectivity index (χ3v) is 4.32. The highest BCUT2D eigenvalue weighted by Gasteiger charge is 2.31. The van der Waals surface area contributed by atoms with E-state index in [0.717, 1.165) is 12.8 Å². The molecule has 1 fully saturated rings. The van der Waals surface area contributed by atoms with Gasteiger partial charge in [0.2, 0.25) is 17.7 Å². The first kappa shape index (κ1) is 18.1. The van der Waals surface area contributed by atoms with Crippen LogP contribution in [0.3, 0.4) is 0 Å². The number of hydrogen-bond donors (Lipinski definition) is 1. The Labute approximate surface area is 156 Å². The van der Waals surface area contributed by atoms with Crippen LogP contribution in [0.4, 0.5) is 0 Å². The number of likely N-dealkylation sites (tertiary alicyclic amines) is 1. The van der Waals surface area contributed by atoms with Crippen molar-refractivity contribution < 1.29 is 14.3 Å². The van der Waals surface area contributed by atoms with Crippen LogP contribution in [0.15, 0.2) is 36.7 Å². The van der Waals surface area contributed by atoms with E-state index in [1.807, 2.05) is 0 Å². The molecular formula is C18H19ClN4O3. The molecule has 1 saturated heterocycles. The second kappa shape index (κ2) is 8.14. The van der Waals surface area contributed by atoms with E-state index >= 15 is 0 Å². The molecule has 7 nitrogen and oxygen atoms in total. The van der Waals surface area contributed by atoms with Gasteiger partial charge in [0.05, 0.1) is 30.7 Å². The van der Waals surface area contributed by atoms with Crippen LogP contribution in [0.5, 0.6) is 11.6 Å². The van der Waals surface area contributed by atoms with Gasteiger partial charge in [-0.3, -0.25) is 14.6 Å². The third kappa shape index (κ3) is 4.49. The van der Waals surface area contributed by atoms with E-state index in [1.54, 1.807) is 35.4 Å². The smallest absolute Gasteiger partial charge is 0.242 e. The number of ether oxygens (including phenoxy) is 1. The van der Waals surface area contributed by atoms with Crippen molar-refractivity contribution in [2.24, 2.45) is 0 Å². The summed E-state index contributed by atoms with van der Waals surface area (Å²) in [7, 11) is 0. The molecule has 2 aromatic rings. The lowest BCUT2D eigenvalue weighted by Crippen LogP contribution is -2.39. The summed E-state index contributed by atoms with van der Waals surface area (Å²) in [5.41, 5.74) is 0.671. The Morgan fingerprint density at radius 2 is 2.08 bits per heavy atom. The molecule has 2 amide bonds. The fourth-order valence-electron chi connectivity index (χ4n) is 2.87. The van der Waals surface area contributed by atoms with Gasteiger partial charge in [-0.25, -0.2) is 4.98 Å². The molecular weight excluding hydrogens is 356 g/mol. The van der Waals surface area contributed by atoms with Crippen molar-refractivity contribution >= 4 is 23.4 Å². The van der Waals surface area contributed by atoms with Gasteiger partial charge in [-0.15, -0.1) is 0 Å². The molecule has 136 valence electrons. The molecule has 3 rings (SSSR count). The van der Waals surface area contributed by atoms with Gasteiger partial charge in [0.25, 0.3) is 0 Å². The summed E-state index contributed by atoms with van der Waals surface area (Å²) < 4.78 is 5.72. The molecule has 26 heavy (non-hydrogen) atoms. The Morgan fingerprint density at radius 3 is 2.81 bits per heavy atom. The number of nitrogens with one attached hydrogen (secondary N) is 1. The highest BCUT2D eigenvalue weighted by molar-refractivity contribution is 6.30. The van der Waals surface area contributed by atoms with Crippen LogP contribution in [0.1, 0.15) is 31.5 Å². The second-order valence-electron chi connectivity index (χ2n) is 5.99. The van der Waals surface area contributed by atoms with Crippen molar-refractivity contribution in [2.75, 3.05) is 13.1 Å². The second-order valence-corrected chi connectivity index (χ2v) is 6.43. The molecule has 1 aromatic heterocycles. The van der Waals surface area contributed by atoms with Crippen molar-refractivity contribution in [3.05, 3.63) is 47.4 Å². The summed E-state index contributed by atoms with van der Waals surface area (Å²) in [5.74, 6) is 0.595. The minimum absolute atomic E-state index is 0.0137. The highest BCUT2D eigenvalue weighted by Crippen LogP contribution is 2.31. The van der Waals surface area contributed by atoms with E-state index in [1.165, 1.54) is 13.1 Å². The summed E-state index contributed by atoms with van der Waals surface area (Å²) in [6.07, 6.45) is 4.84. The summed E-state index contributed by atoms with van der Waals surface area (Å²) in [4.78, 5) is 33.8.